The molecule has 0 unspecified atom stereocenters. The van der Waals surface area contributed by atoms with E-state index in [1.54, 1.807) is 0 Å². The largest absolute Gasteiger partial charge is 0.494 e. The van der Waals surface area contributed by atoms with E-state index in [0.717, 1.165) is 12.4 Å². The van der Waals surface area contributed by atoms with Crippen molar-refractivity contribution < 1.29 is 9.47 Å². The molecule has 0 N–H and O–H groups in total. The summed E-state index contributed by atoms with van der Waals surface area (Å²) < 4.78 is 11.9. The molecule has 2 atom stereocenters. The van der Waals surface area contributed by atoms with E-state index in [1.807, 2.05) is 0 Å². The maximum atomic E-state index is 5.94. The third kappa shape index (κ3) is 1.36. The molecule has 1 saturated carbocycles. The zero-order valence-corrected chi connectivity index (χ0v) is 10.2. The van der Waals surface area contributed by atoms with Crippen LogP contribution < -0.4 is 0 Å². The van der Waals surface area contributed by atoms with Crippen LogP contribution in [-0.4, -0.2) is 18.8 Å². The fourth-order valence-electron chi connectivity index (χ4n) is 3.33. The van der Waals surface area contributed by atoms with Crippen LogP contribution >= 0.6 is 0 Å². The highest BCUT2D eigenvalue weighted by Crippen LogP contribution is 2.49. The second-order valence-electron chi connectivity index (χ2n) is 5.73. The average Bonchev–Trinajstić information content (AvgIpc) is 2.66. The minimum Gasteiger partial charge on any atom is -0.494 e. The normalized spacial score (nSPS) is 36.8. The summed E-state index contributed by atoms with van der Waals surface area (Å²) in [5.41, 5.74) is 2.49. The first-order chi connectivity index (χ1) is 7.59. The highest BCUT2D eigenvalue weighted by molar-refractivity contribution is 5.34. The summed E-state index contributed by atoms with van der Waals surface area (Å²) in [6, 6.07) is 0. The van der Waals surface area contributed by atoms with Gasteiger partial charge in [-0.3, -0.25) is 0 Å². The van der Waals surface area contributed by atoms with Crippen molar-refractivity contribution in [2.45, 2.75) is 38.7 Å². The number of rotatable bonds is 0. The zero-order chi connectivity index (χ0) is 11.3. The smallest absolute Gasteiger partial charge is 0.127 e. The van der Waals surface area contributed by atoms with Crippen molar-refractivity contribution in [1.82, 2.24) is 0 Å². The van der Waals surface area contributed by atoms with Crippen LogP contribution in [0.3, 0.4) is 0 Å². The maximum absolute atomic E-state index is 5.94. The van der Waals surface area contributed by atoms with E-state index in [9.17, 15) is 0 Å². The van der Waals surface area contributed by atoms with Crippen LogP contribution in [0, 0.1) is 11.8 Å². The SMILES string of the molecule is C=C1COC(C)(C)C2=C3[C@@H](CCC[C@H]13)CO2. The van der Waals surface area contributed by atoms with Crippen LogP contribution in [0.1, 0.15) is 33.1 Å². The van der Waals surface area contributed by atoms with Crippen LogP contribution in [0.2, 0.25) is 0 Å². The predicted octanol–water partition coefficient (Wildman–Crippen LogP) is 3.05. The van der Waals surface area contributed by atoms with Crippen LogP contribution in [0.5, 0.6) is 0 Å². The molecule has 3 aliphatic rings. The van der Waals surface area contributed by atoms with Gasteiger partial charge < -0.3 is 9.47 Å². The lowest BCUT2D eigenvalue weighted by Gasteiger charge is -2.28. The molecule has 2 heterocycles. The molecule has 0 aromatic heterocycles. The van der Waals surface area contributed by atoms with E-state index >= 15 is 0 Å². The lowest BCUT2D eigenvalue weighted by atomic mass is 9.74. The van der Waals surface area contributed by atoms with Gasteiger partial charge in [0.1, 0.15) is 11.4 Å². The van der Waals surface area contributed by atoms with Gasteiger partial charge >= 0.3 is 0 Å². The zero-order valence-electron chi connectivity index (χ0n) is 10.2. The van der Waals surface area contributed by atoms with E-state index in [1.165, 1.54) is 30.4 Å². The molecule has 0 saturated heterocycles. The summed E-state index contributed by atoms with van der Waals surface area (Å²) in [6.07, 6.45) is 3.81. The van der Waals surface area contributed by atoms with E-state index < -0.39 is 0 Å². The van der Waals surface area contributed by atoms with E-state index in [2.05, 4.69) is 20.4 Å². The van der Waals surface area contributed by atoms with Gasteiger partial charge in [0.2, 0.25) is 0 Å². The molecule has 2 aliphatic heterocycles. The fourth-order valence-corrected chi connectivity index (χ4v) is 3.33. The predicted molar refractivity (Wildman–Crippen MR) is 63.0 cm³/mol. The lowest BCUT2D eigenvalue weighted by molar-refractivity contribution is -0.0157. The van der Waals surface area contributed by atoms with Gasteiger partial charge in [-0.25, -0.2) is 0 Å². The third-order valence-electron chi connectivity index (χ3n) is 4.21. The molecule has 3 rings (SSSR count). The molecule has 0 bridgehead atoms. The Kier molecular flexibility index (Phi) is 2.19. The minimum atomic E-state index is -0.265. The second kappa shape index (κ2) is 3.36. The highest BCUT2D eigenvalue weighted by atomic mass is 16.5. The Balaban J connectivity index is 2.09. The monoisotopic (exact) mass is 220 g/mol. The topological polar surface area (TPSA) is 18.5 Å². The van der Waals surface area contributed by atoms with Crippen LogP contribution in [0.25, 0.3) is 0 Å². The minimum absolute atomic E-state index is 0.265. The van der Waals surface area contributed by atoms with Gasteiger partial charge in [0.25, 0.3) is 0 Å². The van der Waals surface area contributed by atoms with Crippen LogP contribution in [-0.2, 0) is 9.47 Å². The molecule has 0 aromatic rings. The first-order valence-corrected chi connectivity index (χ1v) is 6.28. The molecule has 0 radical (unpaired) electrons. The maximum Gasteiger partial charge on any atom is 0.127 e. The fraction of sp³-hybridized carbons (Fsp3) is 0.714. The molecule has 0 aromatic carbocycles. The Morgan fingerprint density at radius 3 is 2.94 bits per heavy atom. The van der Waals surface area contributed by atoms with E-state index in [-0.39, 0.29) is 5.60 Å². The Morgan fingerprint density at radius 1 is 1.31 bits per heavy atom. The van der Waals surface area contributed by atoms with Crippen LogP contribution in [0.4, 0.5) is 0 Å². The van der Waals surface area contributed by atoms with Gasteiger partial charge in [0, 0.05) is 11.8 Å². The van der Waals surface area contributed by atoms with Crippen molar-refractivity contribution in [3.63, 3.8) is 0 Å². The van der Waals surface area contributed by atoms with Crippen molar-refractivity contribution in [3.8, 4) is 0 Å². The quantitative estimate of drug-likeness (QED) is 0.584. The summed E-state index contributed by atoms with van der Waals surface area (Å²) in [5, 5.41) is 0. The molecular weight excluding hydrogens is 200 g/mol. The van der Waals surface area contributed by atoms with Crippen molar-refractivity contribution in [2.75, 3.05) is 13.2 Å². The van der Waals surface area contributed by atoms with Gasteiger partial charge in [0.15, 0.2) is 0 Å². The standard InChI is InChI=1S/C14H20O2/c1-9-7-16-14(2,3)13-12-10(8-15-13)5-4-6-11(9)12/h10-11H,1,4-8H2,2-3H3/t10-,11+/m0/s1. The molecule has 2 heteroatoms. The molecule has 0 amide bonds. The molecule has 2 nitrogen and oxygen atoms in total. The lowest BCUT2D eigenvalue weighted by Crippen LogP contribution is -2.27. The summed E-state index contributed by atoms with van der Waals surface area (Å²) in [4.78, 5) is 0. The Morgan fingerprint density at radius 2 is 2.12 bits per heavy atom. The Bertz CT molecular complexity index is 365. The summed E-state index contributed by atoms with van der Waals surface area (Å²) in [6.45, 7) is 9.98. The van der Waals surface area contributed by atoms with Gasteiger partial charge in [-0.05, 0) is 37.8 Å². The molecule has 88 valence electrons. The van der Waals surface area contributed by atoms with Crippen molar-refractivity contribution >= 4 is 0 Å². The van der Waals surface area contributed by atoms with Crippen LogP contribution in [0.15, 0.2) is 23.5 Å². The van der Waals surface area contributed by atoms with Crippen molar-refractivity contribution in [2.24, 2.45) is 11.8 Å². The van der Waals surface area contributed by atoms with Gasteiger partial charge in [0.05, 0.1) is 13.2 Å². The Labute approximate surface area is 97.3 Å². The summed E-state index contributed by atoms with van der Waals surface area (Å²) >= 11 is 0. The van der Waals surface area contributed by atoms with Crippen molar-refractivity contribution in [1.29, 1.82) is 0 Å². The molecule has 1 aliphatic carbocycles. The van der Waals surface area contributed by atoms with Gasteiger partial charge in [-0.1, -0.05) is 13.0 Å². The van der Waals surface area contributed by atoms with Crippen molar-refractivity contribution in [3.05, 3.63) is 23.5 Å². The molecule has 1 fully saturated rings. The average molecular weight is 220 g/mol. The van der Waals surface area contributed by atoms with Gasteiger partial charge in [-0.2, -0.15) is 0 Å². The first kappa shape index (κ1) is 10.4. The second-order valence-corrected chi connectivity index (χ2v) is 5.73. The highest BCUT2D eigenvalue weighted by Gasteiger charge is 2.44. The summed E-state index contributed by atoms with van der Waals surface area (Å²) in [7, 11) is 0. The molecular formula is C14H20O2. The third-order valence-corrected chi connectivity index (χ3v) is 4.21. The van der Waals surface area contributed by atoms with E-state index in [0.29, 0.717) is 18.4 Å². The number of hydrogen-bond donors (Lipinski definition) is 0. The first-order valence-electron chi connectivity index (χ1n) is 6.28. The Hall–Kier alpha value is -0.760. The molecule has 16 heavy (non-hydrogen) atoms. The molecule has 0 spiro atoms. The number of hydrogen-bond acceptors (Lipinski definition) is 2. The number of ether oxygens (including phenoxy) is 2. The van der Waals surface area contributed by atoms with E-state index in [4.69, 9.17) is 9.47 Å². The summed E-state index contributed by atoms with van der Waals surface area (Å²) in [5.74, 6) is 2.27. The van der Waals surface area contributed by atoms with Gasteiger partial charge in [-0.15, -0.1) is 0 Å².